The molecule has 2 aromatic rings. The molecule has 134 valence electrons. The van der Waals surface area contributed by atoms with E-state index in [2.05, 4.69) is 5.32 Å². The summed E-state index contributed by atoms with van der Waals surface area (Å²) < 4.78 is 52.9. The Balaban J connectivity index is 1.94. The Hall–Kier alpha value is -2.48. The number of hydrogen-bond acceptors (Lipinski definition) is 4. The zero-order valence-corrected chi connectivity index (χ0v) is 14.2. The largest absolute Gasteiger partial charge is 0.484 e. The van der Waals surface area contributed by atoms with Crippen molar-refractivity contribution in [1.82, 2.24) is 0 Å². The van der Waals surface area contributed by atoms with Crippen molar-refractivity contribution in [2.75, 3.05) is 11.9 Å². The average molecular weight is 369 g/mol. The van der Waals surface area contributed by atoms with Crippen LogP contribution >= 0.6 is 0 Å². The highest BCUT2D eigenvalue weighted by molar-refractivity contribution is 7.91. The molecule has 0 saturated heterocycles. The predicted molar refractivity (Wildman–Crippen MR) is 89.6 cm³/mol. The molecule has 0 heterocycles. The minimum atomic E-state index is -4.65. The van der Waals surface area contributed by atoms with Gasteiger partial charge in [0, 0.05) is 5.69 Å². The summed E-state index contributed by atoms with van der Waals surface area (Å²) in [5.74, 6) is -3.38. The molecule has 0 spiro atoms. The van der Waals surface area contributed by atoms with Gasteiger partial charge in [-0.3, -0.25) is 4.79 Å². The second-order valence-electron chi connectivity index (χ2n) is 5.17. The molecule has 0 aromatic heterocycles. The van der Waals surface area contributed by atoms with E-state index in [1.54, 1.807) is 6.07 Å². The molecule has 0 fully saturated rings. The number of halogens is 2. The van der Waals surface area contributed by atoms with Gasteiger partial charge in [0.1, 0.15) is 5.75 Å². The number of amides is 1. The summed E-state index contributed by atoms with van der Waals surface area (Å²) in [5, 5.41) is 2.50. The van der Waals surface area contributed by atoms with Crippen LogP contribution in [0.15, 0.2) is 53.4 Å². The van der Waals surface area contributed by atoms with Gasteiger partial charge in [-0.1, -0.05) is 19.1 Å². The second kappa shape index (κ2) is 8.06. The summed E-state index contributed by atoms with van der Waals surface area (Å²) in [4.78, 5) is 11.3. The Bertz CT molecular complexity index is 836. The van der Waals surface area contributed by atoms with Crippen LogP contribution in [0, 0.1) is 0 Å². The fraction of sp³-hybridized carbons (Fsp3) is 0.235. The highest BCUT2D eigenvalue weighted by Crippen LogP contribution is 2.20. The van der Waals surface area contributed by atoms with Gasteiger partial charge in [-0.25, -0.2) is 8.42 Å². The number of carbonyl (C=O) groups excluding carboxylic acids is 1. The quantitative estimate of drug-likeness (QED) is 0.813. The van der Waals surface area contributed by atoms with Crippen LogP contribution < -0.4 is 10.1 Å². The van der Waals surface area contributed by atoms with E-state index in [9.17, 15) is 22.0 Å². The molecule has 8 heteroatoms. The number of rotatable bonds is 7. The van der Waals surface area contributed by atoms with Crippen molar-refractivity contribution < 1.29 is 26.7 Å². The van der Waals surface area contributed by atoms with E-state index in [1.807, 2.05) is 25.1 Å². The number of aryl methyl sites for hydroxylation is 1. The number of carbonyl (C=O) groups is 1. The molecule has 5 nitrogen and oxygen atoms in total. The maximum atomic E-state index is 12.5. The molecule has 0 aliphatic carbocycles. The van der Waals surface area contributed by atoms with Crippen molar-refractivity contribution in [2.24, 2.45) is 0 Å². The van der Waals surface area contributed by atoms with Gasteiger partial charge in [-0.15, -0.1) is 0 Å². The molecule has 0 bridgehead atoms. The van der Waals surface area contributed by atoms with E-state index >= 15 is 0 Å². The second-order valence-corrected chi connectivity index (χ2v) is 7.09. The van der Waals surface area contributed by atoms with Crippen molar-refractivity contribution in [3.8, 4) is 5.75 Å². The number of hydrogen-bond donors (Lipinski definition) is 1. The van der Waals surface area contributed by atoms with Gasteiger partial charge in [-0.05, 0) is 48.4 Å². The number of benzene rings is 2. The van der Waals surface area contributed by atoms with E-state index in [0.717, 1.165) is 24.1 Å². The Kier molecular flexibility index (Phi) is 6.08. The monoisotopic (exact) mass is 369 g/mol. The molecule has 1 amide bonds. The van der Waals surface area contributed by atoms with Crippen LogP contribution in [0.3, 0.4) is 0 Å². The molecular formula is C17H17F2NO4S. The average Bonchev–Trinajstić information content (AvgIpc) is 2.60. The fourth-order valence-electron chi connectivity index (χ4n) is 2.03. The van der Waals surface area contributed by atoms with Gasteiger partial charge in [-0.2, -0.15) is 8.78 Å². The minimum absolute atomic E-state index is 0.232. The van der Waals surface area contributed by atoms with Crippen LogP contribution in [0.4, 0.5) is 14.5 Å². The van der Waals surface area contributed by atoms with Crippen molar-refractivity contribution >= 4 is 21.4 Å². The van der Waals surface area contributed by atoms with Crippen molar-refractivity contribution in [3.05, 3.63) is 54.1 Å². The van der Waals surface area contributed by atoms with Gasteiger partial charge in [0.2, 0.25) is 9.84 Å². The normalized spacial score (nSPS) is 11.4. The van der Waals surface area contributed by atoms with Crippen LogP contribution in [0.25, 0.3) is 0 Å². The molecule has 1 N–H and O–H groups in total. The van der Waals surface area contributed by atoms with Crippen molar-refractivity contribution in [1.29, 1.82) is 0 Å². The summed E-state index contributed by atoms with van der Waals surface area (Å²) in [7, 11) is -4.65. The van der Waals surface area contributed by atoms with Gasteiger partial charge in [0.25, 0.3) is 5.91 Å². The van der Waals surface area contributed by atoms with E-state index < -0.39 is 26.4 Å². The van der Waals surface area contributed by atoms with Gasteiger partial charge >= 0.3 is 5.76 Å². The van der Waals surface area contributed by atoms with E-state index in [1.165, 1.54) is 12.1 Å². The summed E-state index contributed by atoms with van der Waals surface area (Å²) >= 11 is 0. The molecule has 0 atom stereocenters. The smallest absolute Gasteiger partial charge is 0.341 e. The summed E-state index contributed by atoms with van der Waals surface area (Å²) in [5.41, 5.74) is 1.36. The van der Waals surface area contributed by atoms with E-state index in [-0.39, 0.29) is 12.3 Å². The van der Waals surface area contributed by atoms with Crippen LogP contribution in [0.1, 0.15) is 12.5 Å². The molecule has 2 aromatic carbocycles. The maximum absolute atomic E-state index is 12.5. The molecule has 0 aliphatic heterocycles. The Morgan fingerprint density at radius 2 is 1.84 bits per heavy atom. The lowest BCUT2D eigenvalue weighted by Gasteiger charge is -2.09. The first kappa shape index (κ1) is 18.9. The lowest BCUT2D eigenvalue weighted by molar-refractivity contribution is -0.118. The Morgan fingerprint density at radius 1 is 1.16 bits per heavy atom. The standard InChI is InChI=1S/C17H17F2NO4S/c1-2-12-4-3-5-14(10-12)24-11-16(21)20-13-6-8-15(9-7-13)25(22,23)17(18)19/h3-10,17H,2,11H2,1H3,(H,20,21). The first-order valence-corrected chi connectivity index (χ1v) is 9.01. The Labute approximate surface area is 144 Å². The lowest BCUT2D eigenvalue weighted by atomic mass is 10.2. The summed E-state index contributed by atoms with van der Waals surface area (Å²) in [6.07, 6.45) is 0.845. The SMILES string of the molecule is CCc1cccc(OCC(=O)Nc2ccc(S(=O)(=O)C(F)F)cc2)c1. The maximum Gasteiger partial charge on any atom is 0.341 e. The van der Waals surface area contributed by atoms with E-state index in [4.69, 9.17) is 4.74 Å². The molecular weight excluding hydrogens is 352 g/mol. The molecule has 25 heavy (non-hydrogen) atoms. The van der Waals surface area contributed by atoms with Crippen LogP contribution in [0.2, 0.25) is 0 Å². The fourth-order valence-corrected chi connectivity index (χ4v) is 2.75. The predicted octanol–water partition coefficient (Wildman–Crippen LogP) is 3.26. The molecule has 0 radical (unpaired) electrons. The number of anilines is 1. The Morgan fingerprint density at radius 3 is 2.44 bits per heavy atom. The number of ether oxygens (including phenoxy) is 1. The summed E-state index contributed by atoms with van der Waals surface area (Å²) in [6, 6.07) is 11.9. The number of alkyl halides is 2. The van der Waals surface area contributed by atoms with E-state index in [0.29, 0.717) is 5.75 Å². The zero-order valence-electron chi connectivity index (χ0n) is 13.4. The zero-order chi connectivity index (χ0) is 18.4. The lowest BCUT2D eigenvalue weighted by Crippen LogP contribution is -2.20. The molecule has 0 aliphatic rings. The van der Waals surface area contributed by atoms with Gasteiger partial charge < -0.3 is 10.1 Å². The van der Waals surface area contributed by atoms with Crippen molar-refractivity contribution in [2.45, 2.75) is 24.0 Å². The van der Waals surface area contributed by atoms with Crippen LogP contribution in [-0.2, 0) is 21.1 Å². The van der Waals surface area contributed by atoms with Crippen LogP contribution in [0.5, 0.6) is 5.75 Å². The first-order valence-electron chi connectivity index (χ1n) is 7.46. The molecule has 0 unspecified atom stereocenters. The number of sulfone groups is 1. The first-order chi connectivity index (χ1) is 11.8. The summed E-state index contributed by atoms with van der Waals surface area (Å²) in [6.45, 7) is 1.77. The van der Waals surface area contributed by atoms with Crippen LogP contribution in [-0.4, -0.2) is 26.7 Å². The van der Waals surface area contributed by atoms with Gasteiger partial charge in [0.05, 0.1) is 4.90 Å². The third-order valence-corrected chi connectivity index (χ3v) is 4.78. The highest BCUT2D eigenvalue weighted by atomic mass is 32.2. The van der Waals surface area contributed by atoms with Crippen molar-refractivity contribution in [3.63, 3.8) is 0 Å². The topological polar surface area (TPSA) is 72.5 Å². The third-order valence-electron chi connectivity index (χ3n) is 3.38. The molecule has 2 rings (SSSR count). The molecule has 0 saturated carbocycles. The van der Waals surface area contributed by atoms with Gasteiger partial charge in [0.15, 0.2) is 6.61 Å². The third kappa shape index (κ3) is 4.99. The number of nitrogens with one attached hydrogen (secondary N) is 1. The highest BCUT2D eigenvalue weighted by Gasteiger charge is 2.26. The minimum Gasteiger partial charge on any atom is -0.484 e.